The number of rotatable bonds is 8. The molecule has 0 amide bonds. The molecule has 4 aromatic rings. The number of nitrogen functional groups attached to an aromatic ring is 1. The highest BCUT2D eigenvalue weighted by molar-refractivity contribution is 7.17. The summed E-state index contributed by atoms with van der Waals surface area (Å²) in [4.78, 5) is 15.9. The van der Waals surface area contributed by atoms with Gasteiger partial charge in [-0.3, -0.25) is 0 Å². The van der Waals surface area contributed by atoms with Crippen molar-refractivity contribution >= 4 is 45.0 Å². The fourth-order valence-corrected chi connectivity index (χ4v) is 4.24. The summed E-state index contributed by atoms with van der Waals surface area (Å²) < 4.78 is 22.6. The molecule has 0 bridgehead atoms. The van der Waals surface area contributed by atoms with Crippen LogP contribution in [0.25, 0.3) is 10.1 Å². The maximum atomic E-state index is 11.7. The zero-order valence-corrected chi connectivity index (χ0v) is 19.3. The SMILES string of the molecule is CCOC(=O)Oc1cnc(N)c2c(COc3cccc(COc4ccc(Cl)cc4)c3)csc12. The van der Waals surface area contributed by atoms with Gasteiger partial charge in [0, 0.05) is 16.0 Å². The second kappa shape index (κ2) is 10.4. The lowest BCUT2D eigenvalue weighted by molar-refractivity contribution is 0.105. The molecule has 2 aromatic heterocycles. The maximum absolute atomic E-state index is 11.7. The highest BCUT2D eigenvalue weighted by atomic mass is 35.5. The number of carbonyl (C=O) groups excluding carboxylic acids is 1. The zero-order valence-electron chi connectivity index (χ0n) is 17.7. The van der Waals surface area contributed by atoms with Crippen molar-refractivity contribution in [3.8, 4) is 17.2 Å². The predicted molar refractivity (Wildman–Crippen MR) is 128 cm³/mol. The average molecular weight is 485 g/mol. The molecule has 2 N–H and O–H groups in total. The van der Waals surface area contributed by atoms with E-state index in [0.29, 0.717) is 39.0 Å². The predicted octanol–water partition coefficient (Wildman–Crippen LogP) is 6.23. The second-order valence-corrected chi connectivity index (χ2v) is 8.25. The molecule has 2 aromatic carbocycles. The molecule has 0 aliphatic heterocycles. The monoisotopic (exact) mass is 484 g/mol. The van der Waals surface area contributed by atoms with Crippen LogP contribution in [0.4, 0.5) is 10.6 Å². The van der Waals surface area contributed by atoms with Crippen LogP contribution < -0.4 is 19.9 Å². The molecule has 4 rings (SSSR count). The number of carbonyl (C=O) groups is 1. The van der Waals surface area contributed by atoms with Gasteiger partial charge >= 0.3 is 6.16 Å². The minimum absolute atomic E-state index is 0.220. The van der Waals surface area contributed by atoms with E-state index in [4.69, 9.17) is 36.3 Å². The van der Waals surface area contributed by atoms with E-state index in [9.17, 15) is 4.79 Å². The van der Waals surface area contributed by atoms with E-state index in [2.05, 4.69) is 4.98 Å². The van der Waals surface area contributed by atoms with Gasteiger partial charge in [-0.05, 0) is 54.3 Å². The maximum Gasteiger partial charge on any atom is 0.513 e. The fourth-order valence-electron chi connectivity index (χ4n) is 3.11. The first-order chi connectivity index (χ1) is 16.0. The van der Waals surface area contributed by atoms with Crippen LogP contribution in [0.5, 0.6) is 17.2 Å². The van der Waals surface area contributed by atoms with E-state index in [1.165, 1.54) is 17.5 Å². The van der Waals surface area contributed by atoms with Gasteiger partial charge in [0.1, 0.15) is 30.5 Å². The van der Waals surface area contributed by atoms with E-state index in [1.807, 2.05) is 41.8 Å². The lowest BCUT2D eigenvalue weighted by Gasteiger charge is -2.10. The second-order valence-electron chi connectivity index (χ2n) is 6.94. The van der Waals surface area contributed by atoms with Crippen molar-refractivity contribution in [2.45, 2.75) is 20.1 Å². The standard InChI is InChI=1S/C24H21ClN2O5S/c1-2-29-24(28)32-20-11-27-23(26)21-16(14-33-22(20)21)13-31-19-5-3-4-15(10-19)12-30-18-8-6-17(25)7-9-18/h3-11,14H,2,12-13H2,1H3,(H2,26,27). The number of nitrogens with two attached hydrogens (primary N) is 1. The molecule has 0 fully saturated rings. The highest BCUT2D eigenvalue weighted by Gasteiger charge is 2.17. The summed E-state index contributed by atoms with van der Waals surface area (Å²) in [5.74, 6) is 2.07. The Bertz CT molecular complexity index is 1260. The third-order valence-electron chi connectivity index (χ3n) is 4.64. The molecular weight excluding hydrogens is 464 g/mol. The molecule has 2 heterocycles. The Morgan fingerprint density at radius 2 is 1.88 bits per heavy atom. The summed E-state index contributed by atoms with van der Waals surface area (Å²) in [5, 5.41) is 3.27. The largest absolute Gasteiger partial charge is 0.513 e. The van der Waals surface area contributed by atoms with Gasteiger partial charge in [0.2, 0.25) is 0 Å². The third-order valence-corrected chi connectivity index (χ3v) is 5.93. The first-order valence-electron chi connectivity index (χ1n) is 10.1. The smallest absolute Gasteiger partial charge is 0.489 e. The Morgan fingerprint density at radius 3 is 2.67 bits per heavy atom. The van der Waals surface area contributed by atoms with Crippen molar-refractivity contribution in [3.05, 3.63) is 76.3 Å². The van der Waals surface area contributed by atoms with Crippen molar-refractivity contribution in [1.29, 1.82) is 0 Å². The number of fused-ring (bicyclic) bond motifs is 1. The van der Waals surface area contributed by atoms with Crippen LogP contribution in [0, 0.1) is 0 Å². The molecule has 0 aliphatic carbocycles. The minimum atomic E-state index is -0.783. The van der Waals surface area contributed by atoms with Crippen LogP contribution in [-0.4, -0.2) is 17.7 Å². The number of benzene rings is 2. The number of anilines is 1. The summed E-state index contributed by atoms with van der Waals surface area (Å²) in [6.07, 6.45) is 0.633. The molecule has 33 heavy (non-hydrogen) atoms. The van der Waals surface area contributed by atoms with E-state index < -0.39 is 6.16 Å². The first-order valence-corrected chi connectivity index (χ1v) is 11.4. The minimum Gasteiger partial charge on any atom is -0.489 e. The van der Waals surface area contributed by atoms with Crippen LogP contribution in [0.1, 0.15) is 18.1 Å². The topological polar surface area (TPSA) is 92.9 Å². The van der Waals surface area contributed by atoms with Gasteiger partial charge in [0.05, 0.1) is 17.5 Å². The average Bonchev–Trinajstić information content (AvgIpc) is 3.25. The number of hydrogen-bond donors (Lipinski definition) is 1. The van der Waals surface area contributed by atoms with Crippen LogP contribution in [-0.2, 0) is 18.0 Å². The van der Waals surface area contributed by atoms with E-state index in [-0.39, 0.29) is 13.2 Å². The lowest BCUT2D eigenvalue weighted by Crippen LogP contribution is -2.10. The Morgan fingerprint density at radius 1 is 1.09 bits per heavy atom. The molecular formula is C24H21ClN2O5S. The third kappa shape index (κ3) is 5.66. The van der Waals surface area contributed by atoms with Crippen molar-refractivity contribution in [2.24, 2.45) is 0 Å². The Labute approximate surface area is 199 Å². The molecule has 0 radical (unpaired) electrons. The van der Waals surface area contributed by atoms with Crippen LogP contribution >= 0.6 is 22.9 Å². The van der Waals surface area contributed by atoms with Gasteiger partial charge < -0.3 is 24.7 Å². The van der Waals surface area contributed by atoms with Gasteiger partial charge in [0.15, 0.2) is 5.75 Å². The van der Waals surface area contributed by atoms with Gasteiger partial charge in [0.25, 0.3) is 0 Å². The van der Waals surface area contributed by atoms with Crippen molar-refractivity contribution in [3.63, 3.8) is 0 Å². The lowest BCUT2D eigenvalue weighted by atomic mass is 10.2. The summed E-state index contributed by atoms with van der Waals surface area (Å²) in [6, 6.07) is 14.9. The van der Waals surface area contributed by atoms with Crippen LogP contribution in [0.3, 0.4) is 0 Å². The fraction of sp³-hybridized carbons (Fsp3) is 0.167. The van der Waals surface area contributed by atoms with Crippen molar-refractivity contribution in [2.75, 3.05) is 12.3 Å². The molecule has 170 valence electrons. The van der Waals surface area contributed by atoms with Gasteiger partial charge in [-0.15, -0.1) is 11.3 Å². The Kier molecular flexibility index (Phi) is 7.16. The quantitative estimate of drug-likeness (QED) is 0.296. The first kappa shape index (κ1) is 22.7. The van der Waals surface area contributed by atoms with E-state index in [1.54, 1.807) is 19.1 Å². The molecule has 7 nitrogen and oxygen atoms in total. The number of aromatic nitrogens is 1. The van der Waals surface area contributed by atoms with Gasteiger partial charge in [-0.25, -0.2) is 9.78 Å². The number of nitrogens with zero attached hydrogens (tertiary/aromatic N) is 1. The number of ether oxygens (including phenoxy) is 4. The van der Waals surface area contributed by atoms with Crippen molar-refractivity contribution in [1.82, 2.24) is 4.98 Å². The van der Waals surface area contributed by atoms with Gasteiger partial charge in [-0.1, -0.05) is 23.7 Å². The summed E-state index contributed by atoms with van der Waals surface area (Å²) >= 11 is 7.30. The Hall–Kier alpha value is -3.49. The van der Waals surface area contributed by atoms with E-state index in [0.717, 1.165) is 16.9 Å². The molecule has 0 saturated carbocycles. The summed E-state index contributed by atoms with van der Waals surface area (Å²) in [7, 11) is 0. The van der Waals surface area contributed by atoms with E-state index >= 15 is 0 Å². The molecule has 0 unspecified atom stereocenters. The number of hydrogen-bond acceptors (Lipinski definition) is 8. The molecule has 9 heteroatoms. The molecule has 0 saturated heterocycles. The summed E-state index contributed by atoms with van der Waals surface area (Å²) in [6.45, 7) is 2.59. The highest BCUT2D eigenvalue weighted by Crippen LogP contribution is 2.37. The van der Waals surface area contributed by atoms with Crippen molar-refractivity contribution < 1.29 is 23.7 Å². The molecule has 0 atom stereocenters. The number of halogens is 1. The van der Waals surface area contributed by atoms with Crippen LogP contribution in [0.2, 0.25) is 5.02 Å². The van der Waals surface area contributed by atoms with Gasteiger partial charge in [-0.2, -0.15) is 0 Å². The van der Waals surface area contributed by atoms with Crippen LogP contribution in [0.15, 0.2) is 60.1 Å². The molecule has 0 aliphatic rings. The number of pyridine rings is 1. The number of thiophene rings is 1. The molecule has 0 spiro atoms. The normalized spacial score (nSPS) is 10.7. The Balaban J connectivity index is 1.44. The zero-order chi connectivity index (χ0) is 23.2. The summed E-state index contributed by atoms with van der Waals surface area (Å²) in [5.41, 5.74) is 7.91.